The molecule has 0 radical (unpaired) electrons. The number of ether oxygens (including phenoxy) is 3. The molecular weight excluding hydrogens is 690 g/mol. The predicted octanol–water partition coefficient (Wildman–Crippen LogP) is 6.34. The van der Waals surface area contributed by atoms with Crippen molar-refractivity contribution in [1.29, 1.82) is 0 Å². The van der Waals surface area contributed by atoms with Crippen LogP contribution in [0.25, 0.3) is 22.6 Å². The van der Waals surface area contributed by atoms with Crippen molar-refractivity contribution >= 4 is 39.0 Å². The van der Waals surface area contributed by atoms with Crippen LogP contribution in [0.1, 0.15) is 18.4 Å². The van der Waals surface area contributed by atoms with Crippen LogP contribution in [0.15, 0.2) is 71.3 Å². The number of aromatic amines is 1. The molecule has 1 atom stereocenters. The number of carbonyl (C=O) groups is 2. The maximum Gasteiger partial charge on any atom is 0.490 e. The number of piperidine rings is 1. The second-order valence-corrected chi connectivity index (χ2v) is 11.4. The molecule has 1 saturated heterocycles. The molecule has 9 nitrogen and oxygen atoms in total. The highest BCUT2D eigenvalue weighted by atomic mass is 79.9. The zero-order valence-corrected chi connectivity index (χ0v) is 25.3. The normalized spacial score (nSPS) is 16.2. The van der Waals surface area contributed by atoms with Crippen LogP contribution < -0.4 is 4.74 Å². The van der Waals surface area contributed by atoms with Crippen molar-refractivity contribution in [1.82, 2.24) is 19.9 Å². The van der Waals surface area contributed by atoms with Gasteiger partial charge in [-0.25, -0.2) is 19.6 Å². The number of hydrogen-bond donors (Lipinski definition) is 1. The summed E-state index contributed by atoms with van der Waals surface area (Å²) in [7, 11) is 0. The number of alkyl halides is 6. The van der Waals surface area contributed by atoms with E-state index in [0.717, 1.165) is 4.47 Å². The first-order chi connectivity index (χ1) is 21.7. The number of aromatic nitrogens is 3. The zero-order chi connectivity index (χ0) is 33.1. The summed E-state index contributed by atoms with van der Waals surface area (Å²) >= 11 is 3.34. The third-order valence-electron chi connectivity index (χ3n) is 7.32. The third kappa shape index (κ3) is 7.96. The SMILES string of the molecule is O=C(OC(COc1ccc(-c2nc3ncc(Br)cc3[nH]2)cc1)CN1CCC(OC(=O)C(F)(F)F)(c2ccccc2)CC1)C(F)(F)F. The number of H-pyrrole nitrogens is 1. The van der Waals surface area contributed by atoms with Crippen molar-refractivity contribution in [3.05, 3.63) is 76.9 Å². The van der Waals surface area contributed by atoms with Crippen LogP contribution >= 0.6 is 15.9 Å². The second-order valence-electron chi connectivity index (χ2n) is 10.5. The quantitative estimate of drug-likeness (QED) is 0.158. The smallest absolute Gasteiger partial charge is 0.490 e. The highest BCUT2D eigenvalue weighted by Crippen LogP contribution is 2.39. The van der Waals surface area contributed by atoms with E-state index in [2.05, 4.69) is 30.9 Å². The topological polar surface area (TPSA) is 107 Å². The summed E-state index contributed by atoms with van der Waals surface area (Å²) in [6.45, 7) is -0.623. The van der Waals surface area contributed by atoms with Crippen molar-refractivity contribution < 1.29 is 50.1 Å². The van der Waals surface area contributed by atoms with Gasteiger partial charge in [0.05, 0.1) is 5.52 Å². The predicted molar refractivity (Wildman–Crippen MR) is 154 cm³/mol. The number of nitrogens with zero attached hydrogens (tertiary/aromatic N) is 3. The number of pyridine rings is 1. The Bertz CT molecular complexity index is 1670. The van der Waals surface area contributed by atoms with Gasteiger partial charge in [0.1, 0.15) is 29.9 Å². The Labute approximate surface area is 266 Å². The number of hydrogen-bond acceptors (Lipinski definition) is 8. The van der Waals surface area contributed by atoms with Crippen molar-refractivity contribution in [2.24, 2.45) is 0 Å². The first-order valence-corrected chi connectivity index (χ1v) is 14.6. The molecule has 1 unspecified atom stereocenters. The summed E-state index contributed by atoms with van der Waals surface area (Å²) < 4.78 is 94.7. The van der Waals surface area contributed by atoms with E-state index in [1.54, 1.807) is 53.6 Å². The number of imidazole rings is 1. The molecule has 1 fully saturated rings. The minimum atomic E-state index is -5.26. The third-order valence-corrected chi connectivity index (χ3v) is 7.75. The van der Waals surface area contributed by atoms with E-state index in [1.165, 1.54) is 12.1 Å². The fourth-order valence-corrected chi connectivity index (χ4v) is 5.39. The van der Waals surface area contributed by atoms with Gasteiger partial charge in [-0.15, -0.1) is 0 Å². The zero-order valence-electron chi connectivity index (χ0n) is 23.7. The lowest BCUT2D eigenvalue weighted by Gasteiger charge is -2.42. The number of rotatable bonds is 9. The Balaban J connectivity index is 1.26. The molecule has 1 N–H and O–H groups in total. The summed E-state index contributed by atoms with van der Waals surface area (Å²) in [6, 6.07) is 16.2. The van der Waals surface area contributed by atoms with Crippen LogP contribution in [-0.4, -0.2) is 76.5 Å². The number of halogens is 7. The molecule has 0 bridgehead atoms. The van der Waals surface area contributed by atoms with Crippen LogP contribution in [0.2, 0.25) is 0 Å². The van der Waals surface area contributed by atoms with Gasteiger partial charge in [-0.3, -0.25) is 4.90 Å². The van der Waals surface area contributed by atoms with Crippen LogP contribution in [0.3, 0.4) is 0 Å². The lowest BCUT2D eigenvalue weighted by Crippen LogP contribution is -2.50. The average Bonchev–Trinajstić information content (AvgIpc) is 3.44. The Hall–Kier alpha value is -4.18. The first-order valence-electron chi connectivity index (χ1n) is 13.8. The Morgan fingerprint density at radius 3 is 2.24 bits per heavy atom. The van der Waals surface area contributed by atoms with Crippen molar-refractivity contribution in [2.75, 3.05) is 26.2 Å². The number of nitrogens with one attached hydrogen (secondary N) is 1. The number of fused-ring (bicyclic) bond motifs is 1. The number of carbonyl (C=O) groups excluding carboxylic acids is 2. The summed E-state index contributed by atoms with van der Waals surface area (Å²) in [4.78, 5) is 36.9. The van der Waals surface area contributed by atoms with Gasteiger partial charge in [0.2, 0.25) is 0 Å². The van der Waals surface area contributed by atoms with Gasteiger partial charge in [-0.05, 0) is 51.8 Å². The molecule has 1 aliphatic rings. The molecule has 5 rings (SSSR count). The number of benzene rings is 2. The molecule has 0 saturated carbocycles. The van der Waals surface area contributed by atoms with Crippen LogP contribution in [-0.2, 0) is 24.7 Å². The fraction of sp³-hybridized carbons (Fsp3) is 0.333. The van der Waals surface area contributed by atoms with Crippen molar-refractivity contribution in [2.45, 2.75) is 36.9 Å². The van der Waals surface area contributed by atoms with E-state index in [4.69, 9.17) is 14.2 Å². The van der Waals surface area contributed by atoms with E-state index < -0.39 is 42.6 Å². The molecule has 16 heteroatoms. The molecule has 244 valence electrons. The highest BCUT2D eigenvalue weighted by molar-refractivity contribution is 9.10. The number of likely N-dealkylation sites (tertiary alicyclic amines) is 1. The van der Waals surface area contributed by atoms with Crippen LogP contribution in [0, 0.1) is 0 Å². The monoisotopic (exact) mass is 714 g/mol. The average molecular weight is 715 g/mol. The summed E-state index contributed by atoms with van der Waals surface area (Å²) in [6.07, 6.45) is -10.4. The van der Waals surface area contributed by atoms with Gasteiger partial charge in [0.25, 0.3) is 0 Å². The number of esters is 2. The molecular formula is C30H25BrF6N4O5. The van der Waals surface area contributed by atoms with Gasteiger partial charge < -0.3 is 19.2 Å². The maximum atomic E-state index is 13.1. The Morgan fingerprint density at radius 2 is 1.61 bits per heavy atom. The first kappa shape index (κ1) is 33.2. The second kappa shape index (κ2) is 13.3. The molecule has 1 aliphatic heterocycles. The standard InChI is InChI=1S/C30H25BrF6N4O5/c31-20-14-23-25(38-15-20)40-24(39-23)18-6-8-21(9-7-18)44-17-22(45-26(42)29(32,33)34)16-41-12-10-28(11-13-41,19-4-2-1-3-5-19)46-27(43)30(35,36)37/h1-9,14-15,22H,10-13,16-17H2,(H,38,39,40). The van der Waals surface area contributed by atoms with E-state index >= 15 is 0 Å². The van der Waals surface area contributed by atoms with E-state index in [-0.39, 0.29) is 38.2 Å². The van der Waals surface area contributed by atoms with E-state index in [9.17, 15) is 35.9 Å². The van der Waals surface area contributed by atoms with Crippen LogP contribution in [0.4, 0.5) is 26.3 Å². The minimum Gasteiger partial charge on any atom is -0.490 e. The molecule has 3 heterocycles. The lowest BCUT2D eigenvalue weighted by molar-refractivity contribution is -0.220. The fourth-order valence-electron chi connectivity index (χ4n) is 5.06. The Morgan fingerprint density at radius 1 is 0.957 bits per heavy atom. The molecule has 2 aromatic heterocycles. The van der Waals surface area contributed by atoms with Gasteiger partial charge >= 0.3 is 24.3 Å². The van der Waals surface area contributed by atoms with Crippen molar-refractivity contribution in [3.8, 4) is 17.1 Å². The maximum absolute atomic E-state index is 13.1. The summed E-state index contributed by atoms with van der Waals surface area (Å²) in [5.41, 5.74) is 0.642. The van der Waals surface area contributed by atoms with Gasteiger partial charge in [0, 0.05) is 48.7 Å². The Kier molecular flexibility index (Phi) is 9.58. The molecule has 2 aromatic carbocycles. The van der Waals surface area contributed by atoms with E-state index in [0.29, 0.717) is 28.1 Å². The molecule has 4 aromatic rings. The van der Waals surface area contributed by atoms with Crippen molar-refractivity contribution in [3.63, 3.8) is 0 Å². The minimum absolute atomic E-state index is 0.0255. The van der Waals surface area contributed by atoms with Gasteiger partial charge in [-0.1, -0.05) is 30.3 Å². The molecule has 0 amide bonds. The highest BCUT2D eigenvalue weighted by Gasteiger charge is 2.49. The molecule has 0 spiro atoms. The largest absolute Gasteiger partial charge is 0.490 e. The van der Waals surface area contributed by atoms with Crippen LogP contribution in [0.5, 0.6) is 5.75 Å². The summed E-state index contributed by atoms with van der Waals surface area (Å²) in [5, 5.41) is 0. The summed E-state index contributed by atoms with van der Waals surface area (Å²) in [5.74, 6) is -3.95. The lowest BCUT2D eigenvalue weighted by atomic mass is 9.84. The molecule has 0 aliphatic carbocycles. The van der Waals surface area contributed by atoms with E-state index in [1.807, 2.05) is 6.07 Å². The van der Waals surface area contributed by atoms with Gasteiger partial charge in [0.15, 0.2) is 5.65 Å². The van der Waals surface area contributed by atoms with Gasteiger partial charge in [-0.2, -0.15) is 26.3 Å². The molecule has 46 heavy (non-hydrogen) atoms.